The molecule has 1 aliphatic carbocycles. The molecule has 0 aromatic rings. The van der Waals surface area contributed by atoms with Crippen molar-refractivity contribution in [2.24, 2.45) is 17.8 Å². The first-order valence-electron chi connectivity index (χ1n) is 6.11. The van der Waals surface area contributed by atoms with Gasteiger partial charge in [0.2, 0.25) is 0 Å². The summed E-state index contributed by atoms with van der Waals surface area (Å²) in [4.78, 5) is 11.8. The van der Waals surface area contributed by atoms with E-state index in [1.165, 1.54) is 26.4 Å². The van der Waals surface area contributed by atoms with Gasteiger partial charge in [0.15, 0.2) is 0 Å². The van der Waals surface area contributed by atoms with Crippen LogP contribution < -0.4 is 5.32 Å². The van der Waals surface area contributed by atoms with Crippen LogP contribution in [0.3, 0.4) is 0 Å². The molecule has 2 fully saturated rings. The Bertz CT molecular complexity index is 220. The standard InChI is InChI=1S/C12H21NO2/c1-15-12(14)11(9-3-2-4-9)10-5-7-13-8-6-10/h9-11,13H,2-8H2,1H3. The average molecular weight is 211 g/mol. The highest BCUT2D eigenvalue weighted by Crippen LogP contribution is 2.40. The van der Waals surface area contributed by atoms with Crippen molar-refractivity contribution < 1.29 is 9.53 Å². The third-order valence-corrected chi connectivity index (χ3v) is 4.02. The molecule has 2 rings (SSSR count). The van der Waals surface area contributed by atoms with Gasteiger partial charge in [-0.3, -0.25) is 4.79 Å². The van der Waals surface area contributed by atoms with Crippen LogP contribution in [0.5, 0.6) is 0 Å². The molecule has 1 unspecified atom stereocenters. The molecule has 1 saturated heterocycles. The number of ether oxygens (including phenoxy) is 1. The molecule has 1 heterocycles. The van der Waals surface area contributed by atoms with E-state index in [2.05, 4.69) is 5.32 Å². The first-order chi connectivity index (χ1) is 7.33. The van der Waals surface area contributed by atoms with Crippen molar-refractivity contribution in [3.8, 4) is 0 Å². The molecule has 0 aromatic carbocycles. The number of rotatable bonds is 3. The van der Waals surface area contributed by atoms with Gasteiger partial charge in [0, 0.05) is 0 Å². The van der Waals surface area contributed by atoms with Crippen LogP contribution in [0.25, 0.3) is 0 Å². The first-order valence-corrected chi connectivity index (χ1v) is 6.11. The van der Waals surface area contributed by atoms with Gasteiger partial charge in [-0.2, -0.15) is 0 Å². The lowest BCUT2D eigenvalue weighted by Crippen LogP contribution is -2.40. The summed E-state index contributed by atoms with van der Waals surface area (Å²) in [6.45, 7) is 2.12. The highest BCUT2D eigenvalue weighted by Gasteiger charge is 2.39. The summed E-state index contributed by atoms with van der Waals surface area (Å²) in [6.07, 6.45) is 6.02. The van der Waals surface area contributed by atoms with Crippen molar-refractivity contribution in [3.05, 3.63) is 0 Å². The third kappa shape index (κ3) is 2.33. The largest absolute Gasteiger partial charge is 0.469 e. The molecular formula is C12H21NO2. The van der Waals surface area contributed by atoms with Gasteiger partial charge in [-0.05, 0) is 50.6 Å². The van der Waals surface area contributed by atoms with Gasteiger partial charge < -0.3 is 10.1 Å². The molecule has 0 amide bonds. The van der Waals surface area contributed by atoms with Crippen LogP contribution in [0.1, 0.15) is 32.1 Å². The number of nitrogens with one attached hydrogen (secondary N) is 1. The minimum absolute atomic E-state index is 0.0339. The minimum atomic E-state index is 0.0339. The Hall–Kier alpha value is -0.570. The predicted octanol–water partition coefficient (Wildman–Crippen LogP) is 1.58. The Kier molecular flexibility index (Phi) is 3.62. The predicted molar refractivity (Wildman–Crippen MR) is 58.4 cm³/mol. The van der Waals surface area contributed by atoms with Crippen molar-refractivity contribution in [2.75, 3.05) is 20.2 Å². The second-order valence-electron chi connectivity index (χ2n) is 4.83. The molecule has 1 atom stereocenters. The van der Waals surface area contributed by atoms with E-state index in [0.717, 1.165) is 25.9 Å². The van der Waals surface area contributed by atoms with Gasteiger partial charge in [-0.1, -0.05) is 6.42 Å². The second-order valence-corrected chi connectivity index (χ2v) is 4.83. The van der Waals surface area contributed by atoms with Crippen LogP contribution in [-0.2, 0) is 9.53 Å². The van der Waals surface area contributed by atoms with Crippen LogP contribution in [0, 0.1) is 17.8 Å². The van der Waals surface area contributed by atoms with E-state index in [1.807, 2.05) is 0 Å². The fraction of sp³-hybridized carbons (Fsp3) is 0.917. The van der Waals surface area contributed by atoms with Gasteiger partial charge in [0.05, 0.1) is 13.0 Å². The number of carbonyl (C=O) groups excluding carboxylic acids is 1. The second kappa shape index (κ2) is 4.97. The van der Waals surface area contributed by atoms with E-state index in [0.29, 0.717) is 11.8 Å². The fourth-order valence-corrected chi connectivity index (χ4v) is 2.91. The minimum Gasteiger partial charge on any atom is -0.469 e. The molecule has 0 bridgehead atoms. The lowest BCUT2D eigenvalue weighted by atomic mass is 9.68. The van der Waals surface area contributed by atoms with Gasteiger partial charge in [0.25, 0.3) is 0 Å². The first kappa shape index (κ1) is 10.9. The Morgan fingerprint density at radius 3 is 2.27 bits per heavy atom. The molecule has 0 radical (unpaired) electrons. The molecule has 1 aliphatic heterocycles. The van der Waals surface area contributed by atoms with Crippen molar-refractivity contribution in [1.29, 1.82) is 0 Å². The van der Waals surface area contributed by atoms with E-state index in [4.69, 9.17) is 4.74 Å². The maximum absolute atomic E-state index is 11.8. The van der Waals surface area contributed by atoms with Gasteiger partial charge in [-0.15, -0.1) is 0 Å². The lowest BCUT2D eigenvalue weighted by molar-refractivity contribution is -0.152. The monoisotopic (exact) mass is 211 g/mol. The third-order valence-electron chi connectivity index (χ3n) is 4.02. The molecule has 86 valence electrons. The van der Waals surface area contributed by atoms with Crippen LogP contribution in [0.4, 0.5) is 0 Å². The summed E-state index contributed by atoms with van der Waals surface area (Å²) in [5, 5.41) is 3.35. The molecule has 3 heteroatoms. The van der Waals surface area contributed by atoms with E-state index >= 15 is 0 Å². The summed E-state index contributed by atoms with van der Waals surface area (Å²) in [6, 6.07) is 0. The maximum atomic E-state index is 11.8. The zero-order valence-electron chi connectivity index (χ0n) is 9.50. The highest BCUT2D eigenvalue weighted by molar-refractivity contribution is 5.73. The number of carbonyl (C=O) groups is 1. The smallest absolute Gasteiger partial charge is 0.309 e. The highest BCUT2D eigenvalue weighted by atomic mass is 16.5. The molecule has 15 heavy (non-hydrogen) atoms. The summed E-state index contributed by atoms with van der Waals surface area (Å²) < 4.78 is 4.96. The molecular weight excluding hydrogens is 190 g/mol. The van der Waals surface area contributed by atoms with Crippen molar-refractivity contribution in [3.63, 3.8) is 0 Å². The maximum Gasteiger partial charge on any atom is 0.309 e. The molecule has 2 aliphatic rings. The van der Waals surface area contributed by atoms with Crippen LogP contribution in [0.2, 0.25) is 0 Å². The lowest BCUT2D eigenvalue weighted by Gasteiger charge is -2.38. The number of hydrogen-bond acceptors (Lipinski definition) is 3. The van der Waals surface area contributed by atoms with Crippen LogP contribution in [0.15, 0.2) is 0 Å². The normalized spacial score (nSPS) is 25.7. The molecule has 1 saturated carbocycles. The van der Waals surface area contributed by atoms with Crippen molar-refractivity contribution in [1.82, 2.24) is 5.32 Å². The molecule has 0 spiro atoms. The van der Waals surface area contributed by atoms with Crippen molar-refractivity contribution in [2.45, 2.75) is 32.1 Å². The van der Waals surface area contributed by atoms with Gasteiger partial charge in [0.1, 0.15) is 0 Å². The SMILES string of the molecule is COC(=O)C(C1CCC1)C1CCNCC1. The topological polar surface area (TPSA) is 38.3 Å². The number of hydrogen-bond donors (Lipinski definition) is 1. The average Bonchev–Trinajstić information content (AvgIpc) is 2.23. The quantitative estimate of drug-likeness (QED) is 0.720. The van der Waals surface area contributed by atoms with Crippen LogP contribution in [-0.4, -0.2) is 26.2 Å². The van der Waals surface area contributed by atoms with E-state index in [-0.39, 0.29) is 11.9 Å². The van der Waals surface area contributed by atoms with Crippen LogP contribution >= 0.6 is 0 Å². The Morgan fingerprint density at radius 1 is 1.20 bits per heavy atom. The van der Waals surface area contributed by atoms with E-state index in [1.54, 1.807) is 0 Å². The Labute approximate surface area is 91.6 Å². The zero-order valence-corrected chi connectivity index (χ0v) is 9.50. The van der Waals surface area contributed by atoms with E-state index in [9.17, 15) is 4.79 Å². The summed E-state index contributed by atoms with van der Waals surface area (Å²) in [5.41, 5.74) is 0. The van der Waals surface area contributed by atoms with E-state index < -0.39 is 0 Å². The summed E-state index contributed by atoms with van der Waals surface area (Å²) in [5.74, 6) is 1.39. The van der Waals surface area contributed by atoms with Gasteiger partial charge >= 0.3 is 5.97 Å². The van der Waals surface area contributed by atoms with Crippen molar-refractivity contribution >= 4 is 5.97 Å². The molecule has 1 N–H and O–H groups in total. The number of piperidine rings is 1. The number of methoxy groups -OCH3 is 1. The van der Waals surface area contributed by atoms with Gasteiger partial charge in [-0.25, -0.2) is 0 Å². The zero-order chi connectivity index (χ0) is 10.7. The molecule has 0 aromatic heterocycles. The summed E-state index contributed by atoms with van der Waals surface area (Å²) in [7, 11) is 1.52. The Morgan fingerprint density at radius 2 is 1.80 bits per heavy atom. The molecule has 3 nitrogen and oxygen atoms in total. The summed E-state index contributed by atoms with van der Waals surface area (Å²) >= 11 is 0. The fourth-order valence-electron chi connectivity index (χ4n) is 2.91. The number of esters is 1. The Balaban J connectivity index is 1.99.